The molecule has 7 heteroatoms. The molecule has 1 N–H and O–H groups in total. The minimum Gasteiger partial charge on any atom is -0.472 e. The molecule has 2 aromatic rings. The van der Waals surface area contributed by atoms with Gasteiger partial charge in [-0.3, -0.25) is 4.79 Å². The molecule has 1 aliphatic carbocycles. The summed E-state index contributed by atoms with van der Waals surface area (Å²) in [4.78, 5) is 20.3. The summed E-state index contributed by atoms with van der Waals surface area (Å²) in [5, 5.41) is 12.1. The fraction of sp³-hybridized carbons (Fsp3) is 0.333. The molecule has 1 fully saturated rings. The van der Waals surface area contributed by atoms with Crippen LogP contribution in [0, 0.1) is 11.3 Å². The molecule has 1 aromatic heterocycles. The molecule has 25 heavy (non-hydrogen) atoms. The zero-order valence-corrected chi connectivity index (χ0v) is 15.1. The van der Waals surface area contributed by atoms with Gasteiger partial charge >= 0.3 is 0 Å². The lowest BCUT2D eigenvalue weighted by Gasteiger charge is -2.29. The summed E-state index contributed by atoms with van der Waals surface area (Å²) in [6.07, 6.45) is 6.22. The maximum atomic E-state index is 12.3. The molecule has 1 saturated carbocycles. The molecule has 0 atom stereocenters. The van der Waals surface area contributed by atoms with E-state index in [1.54, 1.807) is 6.07 Å². The summed E-state index contributed by atoms with van der Waals surface area (Å²) in [6.45, 7) is 0. The van der Waals surface area contributed by atoms with E-state index >= 15 is 0 Å². The molecule has 0 unspecified atom stereocenters. The summed E-state index contributed by atoms with van der Waals surface area (Å²) in [5.41, 5.74) is 0.846. The van der Waals surface area contributed by atoms with Gasteiger partial charge in [-0.2, -0.15) is 5.26 Å². The van der Waals surface area contributed by atoms with Gasteiger partial charge in [-0.15, -0.1) is 0 Å². The average Bonchev–Trinajstić information content (AvgIpc) is 2.64. The smallest absolute Gasteiger partial charge is 0.251 e. The third kappa shape index (κ3) is 4.54. The predicted molar refractivity (Wildman–Crippen MR) is 95.0 cm³/mol. The van der Waals surface area contributed by atoms with Crippen LogP contribution in [0.5, 0.6) is 5.88 Å². The van der Waals surface area contributed by atoms with Gasteiger partial charge in [0.1, 0.15) is 12.2 Å². The molecule has 3 rings (SSSR count). The lowest BCUT2D eigenvalue weighted by atomic mass is 9.92. The lowest BCUT2D eigenvalue weighted by molar-refractivity contribution is 0.0889. The van der Waals surface area contributed by atoms with Crippen LogP contribution >= 0.6 is 15.9 Å². The topological polar surface area (TPSA) is 87.9 Å². The molecule has 0 radical (unpaired) electrons. The first-order valence-corrected chi connectivity index (χ1v) is 8.89. The van der Waals surface area contributed by atoms with Crippen LogP contribution in [0.3, 0.4) is 0 Å². The molecule has 128 valence electrons. The number of carbonyl (C=O) groups is 1. The van der Waals surface area contributed by atoms with E-state index in [0.717, 1.165) is 30.2 Å². The summed E-state index contributed by atoms with van der Waals surface area (Å²) in [5.74, 6) is 0.220. The standard InChI is InChI=1S/C18H17BrN4O2/c19-13-3-1-2-12(10-13)17(24)23-14-4-6-15(7-5-14)25-18-16(11-20)21-8-9-22-18/h1-3,8-10,14-15H,4-7H2,(H,23,24). The van der Waals surface area contributed by atoms with Crippen LogP contribution in [-0.4, -0.2) is 28.0 Å². The maximum Gasteiger partial charge on any atom is 0.251 e. The second kappa shape index (κ2) is 8.08. The number of carbonyl (C=O) groups excluding carboxylic acids is 1. The third-order valence-corrected chi connectivity index (χ3v) is 4.64. The molecule has 1 amide bonds. The maximum absolute atomic E-state index is 12.3. The van der Waals surface area contributed by atoms with Crippen LogP contribution in [0.2, 0.25) is 0 Å². The SMILES string of the molecule is N#Cc1nccnc1OC1CCC(NC(=O)c2cccc(Br)c2)CC1. The van der Waals surface area contributed by atoms with Gasteiger partial charge < -0.3 is 10.1 Å². The van der Waals surface area contributed by atoms with Crippen molar-refractivity contribution >= 4 is 21.8 Å². The summed E-state index contributed by atoms with van der Waals surface area (Å²) in [6, 6.07) is 9.45. The van der Waals surface area contributed by atoms with E-state index in [9.17, 15) is 4.79 Å². The molecule has 1 aliphatic rings. The predicted octanol–water partition coefficient (Wildman–Crippen LogP) is 3.23. The van der Waals surface area contributed by atoms with Gasteiger partial charge in [0.25, 0.3) is 11.8 Å². The van der Waals surface area contributed by atoms with Crippen LogP contribution in [0.15, 0.2) is 41.1 Å². The Balaban J connectivity index is 1.52. The molecule has 6 nitrogen and oxygen atoms in total. The first-order chi connectivity index (χ1) is 12.2. The first kappa shape index (κ1) is 17.4. The molecule has 1 aromatic carbocycles. The molecule has 0 saturated heterocycles. The van der Waals surface area contributed by atoms with Gasteiger partial charge in [-0.25, -0.2) is 9.97 Å². The molecule has 0 bridgehead atoms. The van der Waals surface area contributed by atoms with Gasteiger partial charge in [0.15, 0.2) is 0 Å². The number of hydrogen-bond donors (Lipinski definition) is 1. The van der Waals surface area contributed by atoms with E-state index in [1.807, 2.05) is 24.3 Å². The minimum absolute atomic E-state index is 0.0113. The Bertz CT molecular complexity index is 798. The number of ether oxygens (including phenoxy) is 1. The Morgan fingerprint density at radius 3 is 2.72 bits per heavy atom. The van der Waals surface area contributed by atoms with Crippen LogP contribution in [0.25, 0.3) is 0 Å². The van der Waals surface area contributed by atoms with Crippen LogP contribution < -0.4 is 10.1 Å². The molecular formula is C18H17BrN4O2. The summed E-state index contributed by atoms with van der Waals surface area (Å²) in [7, 11) is 0. The van der Waals surface area contributed by atoms with Crippen LogP contribution in [0.4, 0.5) is 0 Å². The number of aromatic nitrogens is 2. The van der Waals surface area contributed by atoms with Crippen molar-refractivity contribution in [2.75, 3.05) is 0 Å². The van der Waals surface area contributed by atoms with Crippen molar-refractivity contribution < 1.29 is 9.53 Å². The van der Waals surface area contributed by atoms with Crippen molar-refractivity contribution in [3.05, 3.63) is 52.4 Å². The number of hydrogen-bond acceptors (Lipinski definition) is 5. The van der Waals surface area contributed by atoms with E-state index in [0.29, 0.717) is 5.56 Å². The van der Waals surface area contributed by atoms with Crippen LogP contribution in [-0.2, 0) is 0 Å². The van der Waals surface area contributed by atoms with E-state index < -0.39 is 0 Å². The third-order valence-electron chi connectivity index (χ3n) is 4.15. The number of nitriles is 1. The Morgan fingerprint density at radius 1 is 1.24 bits per heavy atom. The monoisotopic (exact) mass is 400 g/mol. The normalized spacial score (nSPS) is 19.7. The lowest BCUT2D eigenvalue weighted by Crippen LogP contribution is -2.39. The van der Waals surface area contributed by atoms with E-state index in [2.05, 4.69) is 31.2 Å². The van der Waals surface area contributed by atoms with E-state index in [1.165, 1.54) is 12.4 Å². The van der Waals surface area contributed by atoms with Crippen molar-refractivity contribution in [1.82, 2.24) is 15.3 Å². The fourth-order valence-corrected chi connectivity index (χ4v) is 3.27. The van der Waals surface area contributed by atoms with Gasteiger partial charge in [-0.1, -0.05) is 22.0 Å². The molecule has 1 heterocycles. The summed E-state index contributed by atoms with van der Waals surface area (Å²) >= 11 is 3.38. The van der Waals surface area contributed by atoms with Gasteiger partial charge in [0, 0.05) is 28.5 Å². The highest BCUT2D eigenvalue weighted by molar-refractivity contribution is 9.10. The number of rotatable bonds is 4. The zero-order chi connectivity index (χ0) is 17.6. The first-order valence-electron chi connectivity index (χ1n) is 8.10. The minimum atomic E-state index is -0.0636. The van der Waals surface area contributed by atoms with Crippen molar-refractivity contribution in [2.45, 2.75) is 37.8 Å². The average molecular weight is 401 g/mol. The fourth-order valence-electron chi connectivity index (χ4n) is 2.87. The number of nitrogens with one attached hydrogen (secondary N) is 1. The van der Waals surface area contributed by atoms with Crippen LogP contribution in [0.1, 0.15) is 41.7 Å². The number of benzene rings is 1. The molecular weight excluding hydrogens is 384 g/mol. The summed E-state index contributed by atoms with van der Waals surface area (Å²) < 4.78 is 6.70. The van der Waals surface area contributed by atoms with E-state index in [4.69, 9.17) is 10.00 Å². The largest absolute Gasteiger partial charge is 0.472 e. The number of nitrogens with zero attached hydrogens (tertiary/aromatic N) is 3. The van der Waals surface area contributed by atoms with Crippen molar-refractivity contribution in [3.8, 4) is 11.9 Å². The number of amides is 1. The number of halogens is 1. The second-order valence-corrected chi connectivity index (χ2v) is 6.81. The quantitative estimate of drug-likeness (QED) is 0.850. The Labute approximate surface area is 154 Å². The van der Waals surface area contributed by atoms with E-state index in [-0.39, 0.29) is 29.6 Å². The molecule has 0 aliphatic heterocycles. The highest BCUT2D eigenvalue weighted by atomic mass is 79.9. The highest BCUT2D eigenvalue weighted by Crippen LogP contribution is 2.24. The highest BCUT2D eigenvalue weighted by Gasteiger charge is 2.25. The Hall–Kier alpha value is -2.46. The molecule has 0 spiro atoms. The second-order valence-electron chi connectivity index (χ2n) is 5.90. The van der Waals surface area contributed by atoms with Crippen molar-refractivity contribution in [1.29, 1.82) is 5.26 Å². The van der Waals surface area contributed by atoms with Gasteiger partial charge in [-0.05, 0) is 43.9 Å². The Kier molecular flexibility index (Phi) is 5.61. The Morgan fingerprint density at radius 2 is 2.00 bits per heavy atom. The van der Waals surface area contributed by atoms with Gasteiger partial charge in [0.05, 0.1) is 0 Å². The van der Waals surface area contributed by atoms with Crippen molar-refractivity contribution in [2.24, 2.45) is 0 Å². The van der Waals surface area contributed by atoms with Gasteiger partial charge in [0.2, 0.25) is 5.69 Å². The zero-order valence-electron chi connectivity index (χ0n) is 13.5. The van der Waals surface area contributed by atoms with Crippen molar-refractivity contribution in [3.63, 3.8) is 0 Å².